The Morgan fingerprint density at radius 3 is 2.79 bits per heavy atom. The van der Waals surface area contributed by atoms with Gasteiger partial charge in [0, 0.05) is 23.5 Å². The molecule has 9 heteroatoms. The monoisotopic (exact) mass is 438 g/mol. The molecule has 2 aromatic carbocycles. The first-order valence-corrected chi connectivity index (χ1v) is 11.5. The zero-order chi connectivity index (χ0) is 20.3. The van der Waals surface area contributed by atoms with Crippen LogP contribution in [0, 0.1) is 0 Å². The van der Waals surface area contributed by atoms with E-state index in [1.807, 2.05) is 0 Å². The topological polar surface area (TPSA) is 92.3 Å². The average Bonchev–Trinajstić information content (AvgIpc) is 2.83. The summed E-state index contributed by atoms with van der Waals surface area (Å²) >= 11 is 7.51. The summed E-state index contributed by atoms with van der Waals surface area (Å²) in [7, 11) is -3.75. The van der Waals surface area contributed by atoms with Crippen LogP contribution in [0.25, 0.3) is 0 Å². The fraction of sp³-hybridized carbons (Fsp3) is 0.263. The predicted molar refractivity (Wildman–Crippen MR) is 112 cm³/mol. The molecule has 0 saturated carbocycles. The van der Waals surface area contributed by atoms with Gasteiger partial charge in [-0.2, -0.15) is 0 Å². The highest BCUT2D eigenvalue weighted by Gasteiger charge is 2.27. The first-order valence-electron chi connectivity index (χ1n) is 8.62. The molecule has 2 amide bonds. The van der Waals surface area contributed by atoms with E-state index in [1.165, 1.54) is 30.8 Å². The quantitative estimate of drug-likeness (QED) is 0.736. The summed E-state index contributed by atoms with van der Waals surface area (Å²) in [5.74, 6) is 0.0551. The number of benzene rings is 2. The molecule has 0 aliphatic carbocycles. The number of sulfone groups is 1. The molecule has 1 aliphatic heterocycles. The van der Waals surface area contributed by atoms with Crippen LogP contribution in [0.3, 0.4) is 0 Å². The zero-order valence-electron chi connectivity index (χ0n) is 15.1. The molecular formula is C19H19ClN2O4S2. The smallest absolute Gasteiger partial charge is 0.225 e. The van der Waals surface area contributed by atoms with E-state index in [2.05, 4.69) is 10.6 Å². The molecule has 1 unspecified atom stereocenters. The summed E-state index contributed by atoms with van der Waals surface area (Å²) in [6.45, 7) is 1.49. The van der Waals surface area contributed by atoms with Crippen molar-refractivity contribution in [3.8, 4) is 0 Å². The number of nitrogens with one attached hydrogen (secondary N) is 2. The van der Waals surface area contributed by atoms with Gasteiger partial charge in [-0.05, 0) is 37.3 Å². The van der Waals surface area contributed by atoms with Gasteiger partial charge in [0.15, 0.2) is 9.84 Å². The molecule has 6 nitrogen and oxygen atoms in total. The zero-order valence-corrected chi connectivity index (χ0v) is 17.5. The van der Waals surface area contributed by atoms with Gasteiger partial charge in [-0.15, -0.1) is 11.8 Å². The van der Waals surface area contributed by atoms with Crippen molar-refractivity contribution in [2.45, 2.75) is 34.8 Å². The fourth-order valence-electron chi connectivity index (χ4n) is 2.74. The second-order valence-corrected chi connectivity index (χ2v) is 10.3. The number of carbonyl (C=O) groups is 2. The Bertz CT molecular complexity index is 1020. The molecule has 0 bridgehead atoms. The number of carbonyl (C=O) groups excluding carboxylic acids is 2. The lowest BCUT2D eigenvalue weighted by molar-refractivity contribution is -0.116. The van der Waals surface area contributed by atoms with Crippen molar-refractivity contribution in [2.75, 3.05) is 16.4 Å². The van der Waals surface area contributed by atoms with E-state index in [0.29, 0.717) is 28.6 Å². The third-order valence-corrected chi connectivity index (χ3v) is 7.83. The summed E-state index contributed by atoms with van der Waals surface area (Å²) in [6.07, 6.45) is 0.159. The van der Waals surface area contributed by atoms with Gasteiger partial charge in [0.1, 0.15) is 0 Å². The molecule has 1 atom stereocenters. The lowest BCUT2D eigenvalue weighted by Gasteiger charge is -2.15. The Balaban J connectivity index is 1.76. The van der Waals surface area contributed by atoms with E-state index in [9.17, 15) is 18.0 Å². The minimum Gasteiger partial charge on any atom is -0.325 e. The number of rotatable bonds is 5. The standard InChI is InChI=1S/C19H19ClN2O4S2/c1-12(10-19(24)21-15-5-3-2-4-14(15)20)28(25,26)13-6-7-17-16(11-13)22-18(23)8-9-27-17/h2-7,11-12H,8-10H2,1H3,(H,21,24)(H,22,23). The maximum absolute atomic E-state index is 12.9. The van der Waals surface area contributed by atoms with E-state index >= 15 is 0 Å². The molecule has 0 fully saturated rings. The summed E-state index contributed by atoms with van der Waals surface area (Å²) < 4.78 is 25.8. The molecule has 0 spiro atoms. The Morgan fingerprint density at radius 1 is 1.29 bits per heavy atom. The summed E-state index contributed by atoms with van der Waals surface area (Å²) in [5.41, 5.74) is 0.921. The third kappa shape index (κ3) is 4.68. The number of amides is 2. The number of para-hydroxylation sites is 1. The van der Waals surface area contributed by atoms with Crippen LogP contribution in [0.1, 0.15) is 19.8 Å². The van der Waals surface area contributed by atoms with Gasteiger partial charge in [0.2, 0.25) is 11.8 Å². The summed E-state index contributed by atoms with van der Waals surface area (Å²) in [4.78, 5) is 24.9. The summed E-state index contributed by atoms with van der Waals surface area (Å²) in [6, 6.07) is 11.4. The van der Waals surface area contributed by atoms with Gasteiger partial charge in [-0.1, -0.05) is 23.7 Å². The highest BCUT2D eigenvalue weighted by Crippen LogP contribution is 2.33. The molecule has 3 rings (SSSR count). The van der Waals surface area contributed by atoms with E-state index in [1.54, 1.807) is 30.3 Å². The highest BCUT2D eigenvalue weighted by atomic mass is 35.5. The van der Waals surface area contributed by atoms with Crippen LogP contribution in [-0.4, -0.2) is 31.2 Å². The largest absolute Gasteiger partial charge is 0.325 e. The molecule has 1 aliphatic rings. The minimum atomic E-state index is -3.75. The number of halogens is 1. The molecule has 0 radical (unpaired) electrons. The van der Waals surface area contributed by atoms with Gasteiger partial charge in [-0.3, -0.25) is 9.59 Å². The van der Waals surface area contributed by atoms with Crippen LogP contribution in [0.4, 0.5) is 11.4 Å². The first-order chi connectivity index (χ1) is 13.3. The van der Waals surface area contributed by atoms with Crippen molar-refractivity contribution in [1.29, 1.82) is 0 Å². The van der Waals surface area contributed by atoms with Crippen LogP contribution in [0.5, 0.6) is 0 Å². The molecule has 148 valence electrons. The van der Waals surface area contributed by atoms with Crippen molar-refractivity contribution in [3.63, 3.8) is 0 Å². The fourth-order valence-corrected chi connectivity index (χ4v) is 5.24. The maximum Gasteiger partial charge on any atom is 0.225 e. The van der Waals surface area contributed by atoms with Gasteiger partial charge >= 0.3 is 0 Å². The van der Waals surface area contributed by atoms with E-state index in [4.69, 9.17) is 11.6 Å². The van der Waals surface area contributed by atoms with E-state index in [-0.39, 0.29) is 17.2 Å². The number of hydrogen-bond acceptors (Lipinski definition) is 5. The van der Waals surface area contributed by atoms with Crippen LogP contribution < -0.4 is 10.6 Å². The lowest BCUT2D eigenvalue weighted by Crippen LogP contribution is -2.25. The minimum absolute atomic E-state index is 0.0760. The SMILES string of the molecule is CC(CC(=O)Nc1ccccc1Cl)S(=O)(=O)c1ccc2c(c1)NC(=O)CCS2. The molecule has 28 heavy (non-hydrogen) atoms. The van der Waals surface area contributed by atoms with Crippen molar-refractivity contribution < 1.29 is 18.0 Å². The van der Waals surface area contributed by atoms with Crippen molar-refractivity contribution in [2.24, 2.45) is 0 Å². The number of hydrogen-bond donors (Lipinski definition) is 2. The number of thioether (sulfide) groups is 1. The number of anilines is 2. The molecule has 2 N–H and O–H groups in total. The first kappa shape index (κ1) is 20.7. The van der Waals surface area contributed by atoms with Crippen molar-refractivity contribution >= 4 is 56.4 Å². The Hall–Kier alpha value is -2.03. The highest BCUT2D eigenvalue weighted by molar-refractivity contribution is 7.99. The maximum atomic E-state index is 12.9. The molecule has 0 aromatic heterocycles. The van der Waals surface area contributed by atoms with Crippen molar-refractivity contribution in [3.05, 3.63) is 47.5 Å². The van der Waals surface area contributed by atoms with Gasteiger partial charge in [0.05, 0.1) is 26.5 Å². The Labute approximate surface area is 173 Å². The normalized spacial score (nSPS) is 15.1. The second-order valence-electron chi connectivity index (χ2n) is 6.39. The van der Waals surface area contributed by atoms with Gasteiger partial charge in [-0.25, -0.2) is 8.42 Å². The van der Waals surface area contributed by atoms with Crippen LogP contribution in [0.2, 0.25) is 5.02 Å². The molecule has 2 aromatic rings. The number of fused-ring (bicyclic) bond motifs is 1. The van der Waals surface area contributed by atoms with Gasteiger partial charge in [0.25, 0.3) is 0 Å². The third-order valence-electron chi connectivity index (χ3n) is 4.29. The molecular weight excluding hydrogens is 420 g/mol. The molecule has 1 heterocycles. The van der Waals surface area contributed by atoms with Crippen LogP contribution in [-0.2, 0) is 19.4 Å². The Kier molecular flexibility index (Phi) is 6.32. The van der Waals surface area contributed by atoms with Crippen LogP contribution >= 0.6 is 23.4 Å². The lowest BCUT2D eigenvalue weighted by atomic mass is 10.3. The molecule has 0 saturated heterocycles. The van der Waals surface area contributed by atoms with Crippen LogP contribution in [0.15, 0.2) is 52.3 Å². The summed E-state index contributed by atoms with van der Waals surface area (Å²) in [5, 5.41) is 4.81. The second kappa shape index (κ2) is 8.55. The van der Waals surface area contributed by atoms with E-state index < -0.39 is 21.0 Å². The van der Waals surface area contributed by atoms with E-state index in [0.717, 1.165) is 4.90 Å². The van der Waals surface area contributed by atoms with Crippen molar-refractivity contribution in [1.82, 2.24) is 0 Å². The Morgan fingerprint density at radius 2 is 2.04 bits per heavy atom. The van der Waals surface area contributed by atoms with Gasteiger partial charge < -0.3 is 10.6 Å². The predicted octanol–water partition coefficient (Wildman–Crippen LogP) is 3.97. The average molecular weight is 439 g/mol.